The third-order valence-corrected chi connectivity index (χ3v) is 3.59. The van der Waals surface area contributed by atoms with Crippen LogP contribution in [0.1, 0.15) is 36.8 Å². The number of aryl methyl sites for hydroxylation is 1. The Hall–Kier alpha value is -1.99. The molecule has 1 aromatic carbocycles. The highest BCUT2D eigenvalue weighted by molar-refractivity contribution is 5.89. The molecule has 0 radical (unpaired) electrons. The van der Waals surface area contributed by atoms with Gasteiger partial charge in [-0.1, -0.05) is 17.9 Å². The Bertz CT molecular complexity index is 552. The van der Waals surface area contributed by atoms with Crippen molar-refractivity contribution >= 4 is 11.7 Å². The van der Waals surface area contributed by atoms with Gasteiger partial charge in [0.05, 0.1) is 6.61 Å². The van der Waals surface area contributed by atoms with E-state index in [1.54, 1.807) is 0 Å². The van der Waals surface area contributed by atoms with Crippen LogP contribution in [0.4, 0.5) is 10.5 Å². The third-order valence-electron chi connectivity index (χ3n) is 3.59. The number of likely N-dealkylation sites (tertiary alicyclic amines) is 1. The zero-order valence-electron chi connectivity index (χ0n) is 12.5. The van der Waals surface area contributed by atoms with Crippen molar-refractivity contribution in [2.45, 2.75) is 32.6 Å². The molecular weight excluding hydrogens is 264 g/mol. The first-order valence-electron chi connectivity index (χ1n) is 7.47. The highest BCUT2D eigenvalue weighted by Crippen LogP contribution is 2.16. The van der Waals surface area contributed by atoms with Crippen LogP contribution in [0.25, 0.3) is 0 Å². The predicted octanol–water partition coefficient (Wildman–Crippen LogP) is 2.75. The van der Waals surface area contributed by atoms with Gasteiger partial charge in [0.2, 0.25) is 0 Å². The van der Waals surface area contributed by atoms with E-state index in [1.165, 1.54) is 6.42 Å². The van der Waals surface area contributed by atoms with Crippen molar-refractivity contribution in [2.75, 3.05) is 25.0 Å². The molecule has 1 fully saturated rings. The minimum Gasteiger partial charge on any atom is -0.395 e. The average molecular weight is 286 g/mol. The van der Waals surface area contributed by atoms with Crippen molar-refractivity contribution in [3.05, 3.63) is 29.3 Å². The van der Waals surface area contributed by atoms with Gasteiger partial charge in [0.1, 0.15) is 0 Å². The molecule has 1 aliphatic heterocycles. The van der Waals surface area contributed by atoms with E-state index in [9.17, 15) is 4.79 Å². The Balaban J connectivity index is 2.04. The first-order chi connectivity index (χ1) is 10.2. The molecule has 0 atom stereocenters. The van der Waals surface area contributed by atoms with Crippen LogP contribution < -0.4 is 5.32 Å². The zero-order chi connectivity index (χ0) is 15.1. The maximum absolute atomic E-state index is 12.2. The van der Waals surface area contributed by atoms with Gasteiger partial charge >= 0.3 is 6.03 Å². The molecule has 0 unspecified atom stereocenters. The Labute approximate surface area is 126 Å². The van der Waals surface area contributed by atoms with Gasteiger partial charge in [-0.15, -0.1) is 0 Å². The summed E-state index contributed by atoms with van der Waals surface area (Å²) < 4.78 is 0. The topological polar surface area (TPSA) is 52.6 Å². The summed E-state index contributed by atoms with van der Waals surface area (Å²) >= 11 is 0. The van der Waals surface area contributed by atoms with E-state index in [1.807, 2.05) is 30.0 Å². The van der Waals surface area contributed by atoms with Crippen molar-refractivity contribution in [3.8, 4) is 11.8 Å². The number of hydrogen-bond acceptors (Lipinski definition) is 2. The fourth-order valence-electron chi connectivity index (χ4n) is 2.35. The Morgan fingerprint density at radius 1 is 1.33 bits per heavy atom. The maximum Gasteiger partial charge on any atom is 0.321 e. The van der Waals surface area contributed by atoms with E-state index in [4.69, 9.17) is 5.11 Å². The van der Waals surface area contributed by atoms with Crippen LogP contribution in [0.3, 0.4) is 0 Å². The van der Waals surface area contributed by atoms with Gasteiger partial charge in [-0.05, 0) is 43.9 Å². The quantitative estimate of drug-likeness (QED) is 0.821. The predicted molar refractivity (Wildman–Crippen MR) is 84.2 cm³/mol. The van der Waals surface area contributed by atoms with E-state index in [0.29, 0.717) is 6.42 Å². The molecule has 1 saturated heterocycles. The third kappa shape index (κ3) is 4.51. The molecular formula is C17H22N2O2. The number of nitrogens with zero attached hydrogens (tertiary/aromatic N) is 1. The summed E-state index contributed by atoms with van der Waals surface area (Å²) in [4.78, 5) is 14.0. The van der Waals surface area contributed by atoms with Crippen molar-refractivity contribution in [3.63, 3.8) is 0 Å². The van der Waals surface area contributed by atoms with Crippen molar-refractivity contribution in [1.82, 2.24) is 4.90 Å². The molecule has 0 aromatic heterocycles. The lowest BCUT2D eigenvalue weighted by Gasteiger charge is -2.26. The molecule has 2 amide bonds. The Morgan fingerprint density at radius 2 is 2.10 bits per heavy atom. The number of benzene rings is 1. The lowest BCUT2D eigenvalue weighted by molar-refractivity contribution is 0.200. The smallest absolute Gasteiger partial charge is 0.321 e. The van der Waals surface area contributed by atoms with Gasteiger partial charge in [-0.3, -0.25) is 0 Å². The number of piperidine rings is 1. The summed E-state index contributed by atoms with van der Waals surface area (Å²) in [6.45, 7) is 3.72. The first kappa shape index (κ1) is 15.4. The SMILES string of the molecule is Cc1ccc(NC(=O)N2CCCCC2)cc1C#CCCO. The summed E-state index contributed by atoms with van der Waals surface area (Å²) in [6.07, 6.45) is 3.83. The normalized spacial score (nSPS) is 14.3. The Kier molecular flexibility index (Phi) is 5.65. The van der Waals surface area contributed by atoms with Crippen LogP contribution in [-0.4, -0.2) is 35.7 Å². The number of rotatable bonds is 2. The van der Waals surface area contributed by atoms with E-state index in [2.05, 4.69) is 17.2 Å². The minimum atomic E-state index is -0.0344. The second-order valence-corrected chi connectivity index (χ2v) is 5.28. The van der Waals surface area contributed by atoms with Gasteiger partial charge < -0.3 is 15.3 Å². The molecule has 0 bridgehead atoms. The second kappa shape index (κ2) is 7.70. The number of anilines is 1. The molecule has 21 heavy (non-hydrogen) atoms. The molecule has 0 aliphatic carbocycles. The number of carbonyl (C=O) groups is 1. The summed E-state index contributed by atoms with van der Waals surface area (Å²) in [5, 5.41) is 11.7. The molecule has 1 aliphatic rings. The van der Waals surface area contributed by atoms with Crippen LogP contribution in [0, 0.1) is 18.8 Å². The summed E-state index contributed by atoms with van der Waals surface area (Å²) in [6, 6.07) is 5.71. The zero-order valence-corrected chi connectivity index (χ0v) is 12.5. The molecule has 2 N–H and O–H groups in total. The standard InChI is InChI=1S/C17H22N2O2/c1-14-8-9-16(13-15(14)7-3-6-12-20)18-17(21)19-10-4-2-5-11-19/h8-9,13,20H,2,4-6,10-12H2,1H3,(H,18,21). The van der Waals surface area contributed by atoms with Crippen molar-refractivity contribution < 1.29 is 9.90 Å². The molecule has 2 rings (SSSR count). The van der Waals surface area contributed by atoms with E-state index in [0.717, 1.165) is 42.7 Å². The molecule has 0 saturated carbocycles. The lowest BCUT2D eigenvalue weighted by atomic mass is 10.1. The monoisotopic (exact) mass is 286 g/mol. The fraction of sp³-hybridized carbons (Fsp3) is 0.471. The van der Waals surface area contributed by atoms with Crippen LogP contribution in [0.15, 0.2) is 18.2 Å². The number of hydrogen-bond donors (Lipinski definition) is 2. The number of urea groups is 1. The van der Waals surface area contributed by atoms with Gasteiger partial charge in [-0.25, -0.2) is 4.79 Å². The molecule has 4 heteroatoms. The second-order valence-electron chi connectivity index (χ2n) is 5.28. The van der Waals surface area contributed by atoms with E-state index < -0.39 is 0 Å². The number of nitrogens with one attached hydrogen (secondary N) is 1. The van der Waals surface area contributed by atoms with Gasteiger partial charge in [0, 0.05) is 30.8 Å². The Morgan fingerprint density at radius 3 is 2.81 bits per heavy atom. The molecule has 1 aromatic rings. The number of aliphatic hydroxyl groups excluding tert-OH is 1. The van der Waals surface area contributed by atoms with Crippen LogP contribution in [-0.2, 0) is 0 Å². The number of amides is 2. The van der Waals surface area contributed by atoms with Crippen molar-refractivity contribution in [2.24, 2.45) is 0 Å². The molecule has 1 heterocycles. The molecule has 4 nitrogen and oxygen atoms in total. The van der Waals surface area contributed by atoms with Crippen LogP contribution >= 0.6 is 0 Å². The molecule has 0 spiro atoms. The molecule has 112 valence electrons. The highest BCUT2D eigenvalue weighted by Gasteiger charge is 2.16. The summed E-state index contributed by atoms with van der Waals surface area (Å²) in [5.41, 5.74) is 2.72. The van der Waals surface area contributed by atoms with Crippen molar-refractivity contribution in [1.29, 1.82) is 0 Å². The summed E-state index contributed by atoms with van der Waals surface area (Å²) in [5.74, 6) is 5.95. The van der Waals surface area contributed by atoms with Crippen LogP contribution in [0.2, 0.25) is 0 Å². The lowest BCUT2D eigenvalue weighted by Crippen LogP contribution is -2.38. The van der Waals surface area contributed by atoms with Gasteiger partial charge in [-0.2, -0.15) is 0 Å². The highest BCUT2D eigenvalue weighted by atomic mass is 16.2. The summed E-state index contributed by atoms with van der Waals surface area (Å²) in [7, 11) is 0. The van der Waals surface area contributed by atoms with Gasteiger partial charge in [0.25, 0.3) is 0 Å². The average Bonchev–Trinajstić information content (AvgIpc) is 2.51. The maximum atomic E-state index is 12.2. The fourth-order valence-corrected chi connectivity index (χ4v) is 2.35. The van der Waals surface area contributed by atoms with Gasteiger partial charge in [0.15, 0.2) is 0 Å². The van der Waals surface area contributed by atoms with E-state index in [-0.39, 0.29) is 12.6 Å². The largest absolute Gasteiger partial charge is 0.395 e. The van der Waals surface area contributed by atoms with E-state index >= 15 is 0 Å². The van der Waals surface area contributed by atoms with Crippen LogP contribution in [0.5, 0.6) is 0 Å². The number of aliphatic hydroxyl groups is 1. The first-order valence-corrected chi connectivity index (χ1v) is 7.47. The number of carbonyl (C=O) groups excluding carboxylic acids is 1. The minimum absolute atomic E-state index is 0.0344.